The highest BCUT2D eigenvalue weighted by molar-refractivity contribution is 7.22. The second-order valence-corrected chi connectivity index (χ2v) is 10.7. The third-order valence-electron chi connectivity index (χ3n) is 6.89. The summed E-state index contributed by atoms with van der Waals surface area (Å²) >= 11 is 1.40. The lowest BCUT2D eigenvalue weighted by molar-refractivity contribution is -0.137. The molecule has 1 aliphatic heterocycles. The number of carbonyl (C=O) groups excluding carboxylic acids is 3. The fourth-order valence-electron chi connectivity index (χ4n) is 4.95. The molecule has 0 radical (unpaired) electrons. The standard InChI is InChI=1S/C30H27N3O5S/c1-18-10-11-21(19(14-18)6-2-5-9-27(34)35)24(17-33-29(37)22-7-3-4-8-23(22)30(33)38)28(36)32-26-15-20-12-13-31-16-25(20)39-26/h3-4,7-8,10-16,24H,2,5-6,9,17H2,1H3,(H,32,36)(H,34,35)/t24-/m1/s1. The number of rotatable bonds is 10. The average Bonchev–Trinajstić information content (AvgIpc) is 3.43. The number of aryl methyl sites for hydroxylation is 2. The highest BCUT2D eigenvalue weighted by Crippen LogP contribution is 2.33. The maximum absolute atomic E-state index is 13.9. The quantitative estimate of drug-likeness (QED) is 0.205. The number of nitrogens with zero attached hydrogens (tertiary/aromatic N) is 2. The second kappa shape index (κ2) is 11.2. The SMILES string of the molecule is Cc1ccc([C@@H](CN2C(=O)c3ccccc3C2=O)C(=O)Nc2cc3ccncc3s2)c(CCCCC(=O)O)c1. The highest BCUT2D eigenvalue weighted by Gasteiger charge is 2.38. The minimum absolute atomic E-state index is 0.0703. The number of anilines is 1. The van der Waals surface area contributed by atoms with Gasteiger partial charge in [0.1, 0.15) is 0 Å². The van der Waals surface area contributed by atoms with Crippen molar-refractivity contribution < 1.29 is 24.3 Å². The molecule has 3 amide bonds. The van der Waals surface area contributed by atoms with Crippen molar-refractivity contribution in [3.8, 4) is 0 Å². The van der Waals surface area contributed by atoms with Gasteiger partial charge in [-0.05, 0) is 67.0 Å². The van der Waals surface area contributed by atoms with E-state index in [2.05, 4.69) is 10.3 Å². The number of benzene rings is 2. The molecule has 0 spiro atoms. The molecule has 198 valence electrons. The minimum atomic E-state index is -0.846. The van der Waals surface area contributed by atoms with Crippen LogP contribution in [0.2, 0.25) is 0 Å². The first kappa shape index (κ1) is 26.2. The van der Waals surface area contributed by atoms with Crippen LogP contribution in [0.4, 0.5) is 5.00 Å². The summed E-state index contributed by atoms with van der Waals surface area (Å²) in [5.41, 5.74) is 3.28. The van der Waals surface area contributed by atoms with Crippen LogP contribution in [0.3, 0.4) is 0 Å². The van der Waals surface area contributed by atoms with Crippen LogP contribution in [-0.4, -0.2) is 45.2 Å². The van der Waals surface area contributed by atoms with Crippen LogP contribution in [0.15, 0.2) is 67.0 Å². The van der Waals surface area contributed by atoms with Crippen LogP contribution in [0.5, 0.6) is 0 Å². The maximum Gasteiger partial charge on any atom is 0.303 e. The summed E-state index contributed by atoms with van der Waals surface area (Å²) in [6, 6.07) is 16.2. The molecule has 8 nitrogen and oxygen atoms in total. The van der Waals surface area contributed by atoms with Crippen molar-refractivity contribution >= 4 is 50.1 Å². The predicted molar refractivity (Wildman–Crippen MR) is 149 cm³/mol. The van der Waals surface area contributed by atoms with E-state index in [9.17, 15) is 19.2 Å². The summed E-state index contributed by atoms with van der Waals surface area (Å²) in [6.07, 6.45) is 5.21. The molecule has 0 saturated carbocycles. The third-order valence-corrected chi connectivity index (χ3v) is 7.89. The Morgan fingerprint density at radius 3 is 2.46 bits per heavy atom. The van der Waals surface area contributed by atoms with E-state index in [-0.39, 0.29) is 18.9 Å². The Bertz CT molecular complexity index is 1530. The highest BCUT2D eigenvalue weighted by atomic mass is 32.1. The van der Waals surface area contributed by atoms with E-state index in [0.717, 1.165) is 26.1 Å². The molecular formula is C30H27N3O5S. The van der Waals surface area contributed by atoms with Crippen LogP contribution in [0, 0.1) is 6.92 Å². The van der Waals surface area contributed by atoms with E-state index >= 15 is 0 Å². The minimum Gasteiger partial charge on any atom is -0.481 e. The molecule has 1 aliphatic rings. The van der Waals surface area contributed by atoms with Gasteiger partial charge in [0, 0.05) is 25.4 Å². The summed E-state index contributed by atoms with van der Waals surface area (Å²) in [6.45, 7) is 1.84. The Hall–Kier alpha value is -4.37. The smallest absolute Gasteiger partial charge is 0.303 e. The largest absolute Gasteiger partial charge is 0.481 e. The van der Waals surface area contributed by atoms with Crippen molar-refractivity contribution in [3.63, 3.8) is 0 Å². The van der Waals surface area contributed by atoms with Crippen molar-refractivity contribution in [2.24, 2.45) is 0 Å². The van der Waals surface area contributed by atoms with Crippen molar-refractivity contribution in [2.45, 2.75) is 38.5 Å². The van der Waals surface area contributed by atoms with Crippen LogP contribution >= 0.6 is 11.3 Å². The lowest BCUT2D eigenvalue weighted by Crippen LogP contribution is -2.38. The molecule has 1 atom stereocenters. The number of nitrogens with one attached hydrogen (secondary N) is 1. The molecule has 0 aliphatic carbocycles. The van der Waals surface area contributed by atoms with Gasteiger partial charge in [-0.3, -0.25) is 29.1 Å². The zero-order chi connectivity index (χ0) is 27.5. The number of hydrogen-bond acceptors (Lipinski definition) is 6. The summed E-state index contributed by atoms with van der Waals surface area (Å²) in [7, 11) is 0. The number of pyridine rings is 1. The second-order valence-electron chi connectivity index (χ2n) is 9.64. The van der Waals surface area contributed by atoms with Gasteiger partial charge in [-0.1, -0.05) is 35.9 Å². The van der Waals surface area contributed by atoms with Crippen molar-refractivity contribution in [3.05, 3.63) is 94.8 Å². The number of carboxylic acids is 1. The molecule has 0 bridgehead atoms. The number of unbranched alkanes of at least 4 members (excludes halogenated alkanes) is 1. The van der Waals surface area contributed by atoms with Gasteiger partial charge in [0.2, 0.25) is 5.91 Å². The summed E-state index contributed by atoms with van der Waals surface area (Å²) in [5, 5.41) is 13.6. The molecule has 0 saturated heterocycles. The van der Waals surface area contributed by atoms with Crippen molar-refractivity contribution in [2.75, 3.05) is 11.9 Å². The van der Waals surface area contributed by atoms with Crippen LogP contribution in [0.25, 0.3) is 10.1 Å². The number of amides is 3. The number of aliphatic carboxylic acids is 1. The Balaban J connectivity index is 1.48. The van der Waals surface area contributed by atoms with E-state index in [0.29, 0.717) is 41.0 Å². The molecule has 2 aromatic carbocycles. The van der Waals surface area contributed by atoms with Crippen LogP contribution < -0.4 is 5.32 Å². The summed E-state index contributed by atoms with van der Waals surface area (Å²) in [4.78, 5) is 56.6. The summed E-state index contributed by atoms with van der Waals surface area (Å²) < 4.78 is 0.930. The Morgan fingerprint density at radius 2 is 1.77 bits per heavy atom. The molecule has 0 unspecified atom stereocenters. The molecule has 4 aromatic rings. The van der Waals surface area contributed by atoms with E-state index in [1.807, 2.05) is 37.3 Å². The zero-order valence-corrected chi connectivity index (χ0v) is 22.2. The molecule has 5 rings (SSSR count). The molecule has 3 heterocycles. The van der Waals surface area contributed by atoms with E-state index in [1.54, 1.807) is 36.7 Å². The topological polar surface area (TPSA) is 117 Å². The maximum atomic E-state index is 13.9. The van der Waals surface area contributed by atoms with E-state index in [1.165, 1.54) is 11.3 Å². The lowest BCUT2D eigenvalue weighted by atomic mass is 9.89. The Morgan fingerprint density at radius 1 is 1.03 bits per heavy atom. The fraction of sp³-hybridized carbons (Fsp3) is 0.233. The average molecular weight is 542 g/mol. The van der Waals surface area contributed by atoms with Gasteiger partial charge in [0.15, 0.2) is 0 Å². The van der Waals surface area contributed by atoms with Gasteiger partial charge in [-0.25, -0.2) is 0 Å². The lowest BCUT2D eigenvalue weighted by Gasteiger charge is -2.24. The molecular weight excluding hydrogens is 514 g/mol. The first-order valence-electron chi connectivity index (χ1n) is 12.7. The van der Waals surface area contributed by atoms with Gasteiger partial charge >= 0.3 is 5.97 Å². The normalized spacial score (nSPS) is 13.5. The van der Waals surface area contributed by atoms with Gasteiger partial charge in [-0.15, -0.1) is 11.3 Å². The van der Waals surface area contributed by atoms with Crippen LogP contribution in [0.1, 0.15) is 62.6 Å². The first-order valence-corrected chi connectivity index (χ1v) is 13.5. The number of hydrogen-bond donors (Lipinski definition) is 2. The molecule has 9 heteroatoms. The van der Waals surface area contributed by atoms with Gasteiger partial charge < -0.3 is 10.4 Å². The van der Waals surface area contributed by atoms with Crippen molar-refractivity contribution in [1.29, 1.82) is 0 Å². The number of carboxylic acid groups (broad SMARTS) is 1. The predicted octanol–water partition coefficient (Wildman–Crippen LogP) is 5.42. The molecule has 39 heavy (non-hydrogen) atoms. The monoisotopic (exact) mass is 541 g/mol. The first-order chi connectivity index (χ1) is 18.8. The number of imide groups is 1. The van der Waals surface area contributed by atoms with Crippen molar-refractivity contribution in [1.82, 2.24) is 9.88 Å². The summed E-state index contributed by atoms with van der Waals surface area (Å²) in [5.74, 6) is -2.85. The number of carbonyl (C=O) groups is 4. The number of aromatic nitrogens is 1. The Labute approximate surface area is 229 Å². The van der Waals surface area contributed by atoms with E-state index in [4.69, 9.17) is 5.11 Å². The van der Waals surface area contributed by atoms with Crippen LogP contribution in [-0.2, 0) is 16.0 Å². The van der Waals surface area contributed by atoms with Gasteiger partial charge in [-0.2, -0.15) is 0 Å². The van der Waals surface area contributed by atoms with Gasteiger partial charge in [0.05, 0.1) is 26.7 Å². The fourth-order valence-corrected chi connectivity index (χ4v) is 5.88. The van der Waals surface area contributed by atoms with Gasteiger partial charge in [0.25, 0.3) is 11.8 Å². The number of thiophene rings is 1. The number of fused-ring (bicyclic) bond motifs is 2. The molecule has 2 aromatic heterocycles. The Kier molecular flexibility index (Phi) is 7.51. The van der Waals surface area contributed by atoms with E-state index < -0.39 is 23.7 Å². The molecule has 0 fully saturated rings. The zero-order valence-electron chi connectivity index (χ0n) is 21.3. The third kappa shape index (κ3) is 5.58. The molecule has 2 N–H and O–H groups in total.